The van der Waals surface area contributed by atoms with Gasteiger partial charge in [0.05, 0.1) is 11.9 Å². The molecule has 0 unspecified atom stereocenters. The quantitative estimate of drug-likeness (QED) is 0.445. The minimum atomic E-state index is -1.17. The molecule has 10 heavy (non-hydrogen) atoms. The first-order valence-corrected chi connectivity index (χ1v) is 2.49. The summed E-state index contributed by atoms with van der Waals surface area (Å²) in [4.78, 5) is 10.0. The van der Waals surface area contributed by atoms with Crippen LogP contribution in [0.2, 0.25) is 0 Å². The summed E-state index contributed by atoms with van der Waals surface area (Å²) < 4.78 is 0. The van der Waals surface area contributed by atoms with E-state index in [0.29, 0.717) is 0 Å². The molecular formula is C4H6N4O2. The Hall–Kier alpha value is -1.72. The van der Waals surface area contributed by atoms with Crippen LogP contribution in [0.5, 0.6) is 0 Å². The third-order valence-electron chi connectivity index (χ3n) is 0.901. The van der Waals surface area contributed by atoms with E-state index >= 15 is 0 Å². The fourth-order valence-corrected chi connectivity index (χ4v) is 0.503. The van der Waals surface area contributed by atoms with Crippen LogP contribution in [0.3, 0.4) is 0 Å². The summed E-state index contributed by atoms with van der Waals surface area (Å²) in [5, 5.41) is 16.1. The van der Waals surface area contributed by atoms with Crippen LogP contribution in [-0.2, 0) is 0 Å². The van der Waals surface area contributed by atoms with E-state index in [-0.39, 0.29) is 11.5 Å². The molecule has 0 aromatic carbocycles. The van der Waals surface area contributed by atoms with Crippen LogP contribution in [0.25, 0.3) is 0 Å². The van der Waals surface area contributed by atoms with Gasteiger partial charge >= 0.3 is 6.09 Å². The van der Waals surface area contributed by atoms with E-state index in [4.69, 9.17) is 10.8 Å². The maximum Gasteiger partial charge on any atom is 0.410 e. The number of hydrogen-bond acceptors (Lipinski definition) is 3. The number of amides is 1. The highest BCUT2D eigenvalue weighted by molar-refractivity contribution is 5.85. The summed E-state index contributed by atoms with van der Waals surface area (Å²) in [7, 11) is 0. The third-order valence-corrected chi connectivity index (χ3v) is 0.901. The predicted molar refractivity (Wildman–Crippen MR) is 34.6 cm³/mol. The fourth-order valence-electron chi connectivity index (χ4n) is 0.503. The zero-order valence-corrected chi connectivity index (χ0v) is 4.96. The number of anilines is 2. The van der Waals surface area contributed by atoms with Gasteiger partial charge in [0.15, 0.2) is 5.82 Å². The summed E-state index contributed by atoms with van der Waals surface area (Å²) in [5.74, 6) is 0.201. The average Bonchev–Trinajstić information content (AvgIpc) is 2.15. The number of nitrogens with one attached hydrogen (secondary N) is 2. The van der Waals surface area contributed by atoms with Crippen molar-refractivity contribution < 1.29 is 9.90 Å². The van der Waals surface area contributed by atoms with Crippen LogP contribution in [0.4, 0.5) is 16.3 Å². The fraction of sp³-hybridized carbons (Fsp3) is 0. The summed E-state index contributed by atoms with van der Waals surface area (Å²) in [6, 6.07) is 0. The van der Waals surface area contributed by atoms with Gasteiger partial charge in [0.25, 0.3) is 0 Å². The van der Waals surface area contributed by atoms with Crippen LogP contribution in [0, 0.1) is 0 Å². The van der Waals surface area contributed by atoms with Gasteiger partial charge in [-0.15, -0.1) is 0 Å². The molecule has 1 aromatic rings. The summed E-state index contributed by atoms with van der Waals surface area (Å²) in [6.45, 7) is 0. The van der Waals surface area contributed by atoms with Gasteiger partial charge in [0.2, 0.25) is 0 Å². The first-order chi connectivity index (χ1) is 4.70. The molecule has 0 aliphatic carbocycles. The minimum absolute atomic E-state index is 0.201. The van der Waals surface area contributed by atoms with Crippen LogP contribution in [0.15, 0.2) is 6.20 Å². The first-order valence-electron chi connectivity index (χ1n) is 2.49. The molecule has 5 N–H and O–H groups in total. The van der Waals surface area contributed by atoms with E-state index in [9.17, 15) is 4.79 Å². The van der Waals surface area contributed by atoms with Crippen molar-refractivity contribution in [1.29, 1.82) is 0 Å². The second kappa shape index (κ2) is 2.26. The molecule has 1 amide bonds. The molecule has 0 fully saturated rings. The van der Waals surface area contributed by atoms with Crippen molar-refractivity contribution in [2.45, 2.75) is 0 Å². The maximum atomic E-state index is 10.0. The Balaban J connectivity index is 2.74. The Morgan fingerprint density at radius 2 is 2.60 bits per heavy atom. The largest absolute Gasteiger partial charge is 0.465 e. The van der Waals surface area contributed by atoms with Crippen LogP contribution in [-0.4, -0.2) is 21.4 Å². The molecule has 54 valence electrons. The third kappa shape index (κ3) is 1.16. The standard InChI is InChI=1S/C4H6N4O2/c5-2-1-6-8-3(2)7-4(9)10/h1H,5H2,(H,9,10)(H2,6,7,8). The van der Waals surface area contributed by atoms with Crippen molar-refractivity contribution >= 4 is 17.6 Å². The number of rotatable bonds is 1. The molecule has 0 aliphatic rings. The Morgan fingerprint density at radius 3 is 3.00 bits per heavy atom. The molecule has 6 heteroatoms. The van der Waals surface area contributed by atoms with Gasteiger partial charge in [-0.2, -0.15) is 5.10 Å². The molecule has 0 spiro atoms. The molecule has 0 saturated heterocycles. The SMILES string of the molecule is Nc1cn[nH]c1NC(=O)O. The number of carbonyl (C=O) groups is 1. The van der Waals surface area contributed by atoms with Crippen molar-refractivity contribution in [2.75, 3.05) is 11.1 Å². The van der Waals surface area contributed by atoms with Gasteiger partial charge in [-0.3, -0.25) is 10.4 Å². The number of aromatic nitrogens is 2. The molecular weight excluding hydrogens is 136 g/mol. The second-order valence-electron chi connectivity index (χ2n) is 1.63. The Bertz CT molecular complexity index is 243. The van der Waals surface area contributed by atoms with Crippen molar-refractivity contribution in [3.05, 3.63) is 6.20 Å². The lowest BCUT2D eigenvalue weighted by Gasteiger charge is -1.94. The number of nitrogens with two attached hydrogens (primary N) is 1. The monoisotopic (exact) mass is 142 g/mol. The number of aromatic amines is 1. The topological polar surface area (TPSA) is 104 Å². The van der Waals surface area contributed by atoms with Crippen molar-refractivity contribution in [3.63, 3.8) is 0 Å². The molecule has 1 heterocycles. The number of hydrogen-bond donors (Lipinski definition) is 4. The highest BCUT2D eigenvalue weighted by Crippen LogP contribution is 2.11. The number of nitrogens with zero attached hydrogens (tertiary/aromatic N) is 1. The molecule has 0 atom stereocenters. The van der Waals surface area contributed by atoms with Gasteiger partial charge in [-0.05, 0) is 0 Å². The molecule has 6 nitrogen and oxygen atoms in total. The molecule has 1 rings (SSSR count). The van der Waals surface area contributed by atoms with E-state index in [0.717, 1.165) is 0 Å². The molecule has 0 bridgehead atoms. The zero-order chi connectivity index (χ0) is 7.56. The normalized spacial score (nSPS) is 9.20. The summed E-state index contributed by atoms with van der Waals surface area (Å²) in [5.41, 5.74) is 5.55. The van der Waals surface area contributed by atoms with Gasteiger partial charge in [-0.25, -0.2) is 4.79 Å². The van der Waals surface area contributed by atoms with E-state index in [2.05, 4.69) is 10.2 Å². The smallest absolute Gasteiger partial charge is 0.410 e. The summed E-state index contributed by atoms with van der Waals surface area (Å²) in [6.07, 6.45) is 0.154. The van der Waals surface area contributed by atoms with Gasteiger partial charge in [0.1, 0.15) is 0 Å². The highest BCUT2D eigenvalue weighted by atomic mass is 16.4. The van der Waals surface area contributed by atoms with Crippen LogP contribution >= 0.6 is 0 Å². The van der Waals surface area contributed by atoms with Crippen molar-refractivity contribution in [1.82, 2.24) is 10.2 Å². The highest BCUT2D eigenvalue weighted by Gasteiger charge is 2.02. The van der Waals surface area contributed by atoms with E-state index in [1.807, 2.05) is 5.32 Å². The lowest BCUT2D eigenvalue weighted by atomic mass is 10.5. The van der Waals surface area contributed by atoms with Crippen LogP contribution in [0.1, 0.15) is 0 Å². The average molecular weight is 142 g/mol. The first kappa shape index (κ1) is 6.40. The Kier molecular flexibility index (Phi) is 1.44. The van der Waals surface area contributed by atoms with E-state index in [1.54, 1.807) is 0 Å². The number of nitrogen functional groups attached to an aromatic ring is 1. The Labute approximate surface area is 56.0 Å². The van der Waals surface area contributed by atoms with Crippen LogP contribution < -0.4 is 11.1 Å². The van der Waals surface area contributed by atoms with Gasteiger partial charge in [-0.1, -0.05) is 0 Å². The second-order valence-corrected chi connectivity index (χ2v) is 1.63. The molecule has 0 aliphatic heterocycles. The maximum absolute atomic E-state index is 10.0. The molecule has 0 radical (unpaired) electrons. The van der Waals surface area contributed by atoms with E-state index in [1.165, 1.54) is 6.20 Å². The predicted octanol–water partition coefficient (Wildman–Crippen LogP) is 0.0818. The zero-order valence-electron chi connectivity index (χ0n) is 4.96. The molecule has 0 saturated carbocycles. The van der Waals surface area contributed by atoms with Gasteiger partial charge < -0.3 is 10.8 Å². The molecule has 1 aromatic heterocycles. The van der Waals surface area contributed by atoms with Crippen molar-refractivity contribution in [3.8, 4) is 0 Å². The number of H-pyrrole nitrogens is 1. The summed E-state index contributed by atoms with van der Waals surface area (Å²) >= 11 is 0. The lowest BCUT2D eigenvalue weighted by molar-refractivity contribution is 0.209. The van der Waals surface area contributed by atoms with E-state index < -0.39 is 6.09 Å². The lowest BCUT2D eigenvalue weighted by Crippen LogP contribution is -2.08. The van der Waals surface area contributed by atoms with Crippen molar-refractivity contribution in [2.24, 2.45) is 0 Å². The Morgan fingerprint density at radius 1 is 1.90 bits per heavy atom. The number of carboxylic acid groups (broad SMARTS) is 1. The minimum Gasteiger partial charge on any atom is -0.465 e. The van der Waals surface area contributed by atoms with Gasteiger partial charge in [0, 0.05) is 0 Å².